The van der Waals surface area contributed by atoms with Crippen molar-refractivity contribution in [1.82, 2.24) is 5.32 Å². The van der Waals surface area contributed by atoms with Crippen molar-refractivity contribution in [3.8, 4) is 0 Å². The highest BCUT2D eigenvalue weighted by Crippen LogP contribution is 2.21. The lowest BCUT2D eigenvalue weighted by Gasteiger charge is -2.36. The summed E-state index contributed by atoms with van der Waals surface area (Å²) in [6, 6.07) is 0.0493. The van der Waals surface area contributed by atoms with Gasteiger partial charge in [-0.15, -0.1) is 0 Å². The molecule has 1 saturated heterocycles. The molecule has 70 valence electrons. The molecule has 0 saturated carbocycles. The summed E-state index contributed by atoms with van der Waals surface area (Å²) in [7, 11) is 1.72. The van der Waals surface area contributed by atoms with Crippen molar-refractivity contribution in [3.05, 3.63) is 0 Å². The van der Waals surface area contributed by atoms with Crippen molar-refractivity contribution >= 4 is 5.78 Å². The standard InChI is InChI=1S/C9H17NO2/c1-7(11)8-4-5-9(2,12-3)6-10-8/h8,10H,4-6H2,1-3H3. The summed E-state index contributed by atoms with van der Waals surface area (Å²) in [5, 5.41) is 3.19. The average molecular weight is 171 g/mol. The number of rotatable bonds is 2. The minimum absolute atomic E-state index is 0.0493. The summed E-state index contributed by atoms with van der Waals surface area (Å²) in [6.45, 7) is 4.47. The van der Waals surface area contributed by atoms with Crippen LogP contribution in [0.25, 0.3) is 0 Å². The molecule has 2 atom stereocenters. The van der Waals surface area contributed by atoms with Crippen molar-refractivity contribution in [2.45, 2.75) is 38.3 Å². The lowest BCUT2D eigenvalue weighted by atomic mass is 9.90. The van der Waals surface area contributed by atoms with E-state index >= 15 is 0 Å². The maximum atomic E-state index is 11.0. The Morgan fingerprint density at radius 1 is 1.67 bits per heavy atom. The molecule has 2 unspecified atom stereocenters. The van der Waals surface area contributed by atoms with Crippen LogP contribution in [0.5, 0.6) is 0 Å². The van der Waals surface area contributed by atoms with Crippen LogP contribution in [-0.2, 0) is 9.53 Å². The van der Waals surface area contributed by atoms with E-state index in [0.717, 1.165) is 19.4 Å². The minimum Gasteiger partial charge on any atom is -0.377 e. The molecule has 1 N–H and O–H groups in total. The first-order valence-electron chi connectivity index (χ1n) is 4.36. The molecular formula is C9H17NO2. The maximum absolute atomic E-state index is 11.0. The predicted molar refractivity (Wildman–Crippen MR) is 47.1 cm³/mol. The van der Waals surface area contributed by atoms with E-state index in [2.05, 4.69) is 12.2 Å². The van der Waals surface area contributed by atoms with Gasteiger partial charge in [0.2, 0.25) is 0 Å². The molecule has 0 aromatic heterocycles. The quantitative estimate of drug-likeness (QED) is 0.665. The summed E-state index contributed by atoms with van der Waals surface area (Å²) in [6.07, 6.45) is 1.85. The van der Waals surface area contributed by atoms with Gasteiger partial charge in [-0.25, -0.2) is 0 Å². The number of ether oxygens (including phenoxy) is 1. The molecule has 12 heavy (non-hydrogen) atoms. The maximum Gasteiger partial charge on any atom is 0.146 e. The second-order valence-electron chi connectivity index (χ2n) is 3.74. The van der Waals surface area contributed by atoms with Gasteiger partial charge in [0.1, 0.15) is 5.78 Å². The fraction of sp³-hybridized carbons (Fsp3) is 0.889. The summed E-state index contributed by atoms with van der Waals surface area (Å²) < 4.78 is 5.33. The third-order valence-electron chi connectivity index (χ3n) is 2.67. The number of ketones is 1. The van der Waals surface area contributed by atoms with Gasteiger partial charge in [0.05, 0.1) is 11.6 Å². The Bertz CT molecular complexity index is 171. The Kier molecular flexibility index (Phi) is 2.85. The number of Topliss-reactive ketones (excluding diaryl/α,β-unsaturated/α-hetero) is 1. The Hall–Kier alpha value is -0.410. The molecule has 0 aromatic rings. The molecular weight excluding hydrogens is 154 g/mol. The Labute approximate surface area is 73.5 Å². The third kappa shape index (κ3) is 2.05. The van der Waals surface area contributed by atoms with E-state index in [1.165, 1.54) is 0 Å². The zero-order valence-corrected chi connectivity index (χ0v) is 8.02. The third-order valence-corrected chi connectivity index (χ3v) is 2.67. The van der Waals surface area contributed by atoms with E-state index in [-0.39, 0.29) is 17.4 Å². The van der Waals surface area contributed by atoms with Crippen LogP contribution in [0.3, 0.4) is 0 Å². The Morgan fingerprint density at radius 3 is 2.67 bits per heavy atom. The molecule has 0 amide bonds. The van der Waals surface area contributed by atoms with Gasteiger partial charge in [0.25, 0.3) is 0 Å². The first-order valence-corrected chi connectivity index (χ1v) is 4.36. The van der Waals surface area contributed by atoms with Crippen LogP contribution in [0.2, 0.25) is 0 Å². The normalized spacial score (nSPS) is 36.4. The first kappa shape index (κ1) is 9.68. The number of nitrogens with one attached hydrogen (secondary N) is 1. The van der Waals surface area contributed by atoms with Gasteiger partial charge in [-0.1, -0.05) is 0 Å². The van der Waals surface area contributed by atoms with Crippen LogP contribution in [0.15, 0.2) is 0 Å². The summed E-state index contributed by atoms with van der Waals surface area (Å²) in [5.74, 6) is 0.230. The zero-order chi connectivity index (χ0) is 9.19. The molecule has 1 aliphatic heterocycles. The molecule has 1 heterocycles. The van der Waals surface area contributed by atoms with E-state index in [0.29, 0.717) is 0 Å². The highest BCUT2D eigenvalue weighted by Gasteiger charge is 2.31. The van der Waals surface area contributed by atoms with Gasteiger partial charge < -0.3 is 10.1 Å². The molecule has 1 rings (SSSR count). The van der Waals surface area contributed by atoms with Crippen LogP contribution in [-0.4, -0.2) is 31.1 Å². The summed E-state index contributed by atoms with van der Waals surface area (Å²) >= 11 is 0. The van der Waals surface area contributed by atoms with Crippen LogP contribution in [0.4, 0.5) is 0 Å². The number of hydrogen-bond acceptors (Lipinski definition) is 3. The van der Waals surface area contributed by atoms with Crippen LogP contribution in [0.1, 0.15) is 26.7 Å². The minimum atomic E-state index is -0.0774. The highest BCUT2D eigenvalue weighted by atomic mass is 16.5. The SMILES string of the molecule is COC1(C)CCC(C(C)=O)NC1. The van der Waals surface area contributed by atoms with Gasteiger partial charge in [-0.05, 0) is 26.7 Å². The van der Waals surface area contributed by atoms with Crippen LogP contribution < -0.4 is 5.32 Å². The number of hydrogen-bond donors (Lipinski definition) is 1. The van der Waals surface area contributed by atoms with Gasteiger partial charge in [-0.3, -0.25) is 4.79 Å². The average Bonchev–Trinajstić information content (AvgIpc) is 2.05. The van der Waals surface area contributed by atoms with Crippen molar-refractivity contribution in [2.75, 3.05) is 13.7 Å². The summed E-state index contributed by atoms with van der Waals surface area (Å²) in [4.78, 5) is 11.0. The van der Waals surface area contributed by atoms with Gasteiger partial charge in [0.15, 0.2) is 0 Å². The smallest absolute Gasteiger partial charge is 0.146 e. The van der Waals surface area contributed by atoms with Crippen molar-refractivity contribution in [2.24, 2.45) is 0 Å². The first-order chi connectivity index (χ1) is 5.57. The van der Waals surface area contributed by atoms with E-state index in [9.17, 15) is 4.79 Å². The molecule has 0 aliphatic carbocycles. The highest BCUT2D eigenvalue weighted by molar-refractivity contribution is 5.81. The zero-order valence-electron chi connectivity index (χ0n) is 8.02. The van der Waals surface area contributed by atoms with E-state index in [1.807, 2.05) is 0 Å². The fourth-order valence-corrected chi connectivity index (χ4v) is 1.50. The number of methoxy groups -OCH3 is 1. The van der Waals surface area contributed by atoms with E-state index < -0.39 is 0 Å². The van der Waals surface area contributed by atoms with Gasteiger partial charge in [0, 0.05) is 13.7 Å². The lowest BCUT2D eigenvalue weighted by molar-refractivity contribution is -0.121. The lowest BCUT2D eigenvalue weighted by Crippen LogP contribution is -2.51. The second kappa shape index (κ2) is 3.54. The molecule has 0 aromatic carbocycles. The molecule has 3 heteroatoms. The van der Waals surface area contributed by atoms with E-state index in [1.54, 1.807) is 14.0 Å². The molecule has 0 radical (unpaired) electrons. The second-order valence-corrected chi connectivity index (χ2v) is 3.74. The van der Waals surface area contributed by atoms with Crippen molar-refractivity contribution in [3.63, 3.8) is 0 Å². The summed E-state index contributed by atoms with van der Waals surface area (Å²) in [5.41, 5.74) is -0.0774. The Morgan fingerprint density at radius 2 is 2.33 bits per heavy atom. The van der Waals surface area contributed by atoms with Crippen LogP contribution in [0, 0.1) is 0 Å². The number of carbonyl (C=O) groups is 1. The Balaban J connectivity index is 2.44. The van der Waals surface area contributed by atoms with Gasteiger partial charge >= 0.3 is 0 Å². The topological polar surface area (TPSA) is 38.3 Å². The van der Waals surface area contributed by atoms with Crippen LogP contribution >= 0.6 is 0 Å². The van der Waals surface area contributed by atoms with Crippen molar-refractivity contribution in [1.29, 1.82) is 0 Å². The molecule has 1 aliphatic rings. The molecule has 0 spiro atoms. The molecule has 3 nitrogen and oxygen atoms in total. The fourth-order valence-electron chi connectivity index (χ4n) is 1.50. The van der Waals surface area contributed by atoms with Gasteiger partial charge in [-0.2, -0.15) is 0 Å². The molecule has 0 bridgehead atoms. The number of piperidine rings is 1. The number of carbonyl (C=O) groups excluding carboxylic acids is 1. The van der Waals surface area contributed by atoms with Crippen molar-refractivity contribution < 1.29 is 9.53 Å². The predicted octanol–water partition coefficient (Wildman–Crippen LogP) is 0.732. The largest absolute Gasteiger partial charge is 0.377 e. The molecule has 1 fully saturated rings. The monoisotopic (exact) mass is 171 g/mol. The van der Waals surface area contributed by atoms with E-state index in [4.69, 9.17) is 4.74 Å².